The largest absolute Gasteiger partial charge is 0.469 e. The number of ether oxygens (including phenoxy) is 1. The van der Waals surface area contributed by atoms with E-state index in [9.17, 15) is 4.79 Å². The molecule has 0 saturated carbocycles. The van der Waals surface area contributed by atoms with Crippen molar-refractivity contribution in [1.82, 2.24) is 5.32 Å². The van der Waals surface area contributed by atoms with Gasteiger partial charge in [-0.15, -0.1) is 0 Å². The summed E-state index contributed by atoms with van der Waals surface area (Å²) in [6.45, 7) is 1.83. The summed E-state index contributed by atoms with van der Waals surface area (Å²) in [5, 5.41) is 3.43. The highest BCUT2D eigenvalue weighted by Crippen LogP contribution is 2.06. The predicted octanol–water partition coefficient (Wildman–Crippen LogP) is 2.73. The maximum Gasteiger partial charge on any atom is 0.309 e. The summed E-state index contributed by atoms with van der Waals surface area (Å²) in [4.78, 5) is 11.2. The van der Waals surface area contributed by atoms with E-state index in [1.54, 1.807) is 0 Å². The van der Waals surface area contributed by atoms with E-state index >= 15 is 0 Å². The first-order valence-electron chi connectivity index (χ1n) is 7.17. The van der Waals surface area contributed by atoms with Crippen LogP contribution in [0.25, 0.3) is 0 Å². The summed E-state index contributed by atoms with van der Waals surface area (Å²) in [5.74, 6) is -0.202. The number of carbonyl (C=O) groups is 1. The molecule has 2 rings (SSSR count). The molecule has 0 radical (unpaired) electrons. The van der Waals surface area contributed by atoms with Gasteiger partial charge in [0.25, 0.3) is 0 Å². The lowest BCUT2D eigenvalue weighted by Gasteiger charge is -2.06. The fraction of sp³-hybridized carbons (Fsp3) is 0.278. The SMILES string of the molecule is COC(=O)Cc1ccc(CCNCc2ccccc2)cc1. The fourth-order valence-electron chi connectivity index (χ4n) is 2.12. The molecule has 0 aliphatic heterocycles. The molecular formula is C18H21NO2. The second kappa shape index (κ2) is 8.22. The van der Waals surface area contributed by atoms with Crippen LogP contribution in [-0.2, 0) is 28.9 Å². The Balaban J connectivity index is 1.72. The Morgan fingerprint density at radius 3 is 2.29 bits per heavy atom. The van der Waals surface area contributed by atoms with Crippen LogP contribution in [0.3, 0.4) is 0 Å². The van der Waals surface area contributed by atoms with Gasteiger partial charge in [-0.2, -0.15) is 0 Å². The highest BCUT2D eigenvalue weighted by atomic mass is 16.5. The van der Waals surface area contributed by atoms with E-state index in [1.165, 1.54) is 18.2 Å². The lowest BCUT2D eigenvalue weighted by molar-refractivity contribution is -0.139. The number of rotatable bonds is 7. The molecule has 3 heteroatoms. The van der Waals surface area contributed by atoms with Gasteiger partial charge in [-0.05, 0) is 29.7 Å². The van der Waals surface area contributed by atoms with Gasteiger partial charge < -0.3 is 10.1 Å². The zero-order chi connectivity index (χ0) is 14.9. The lowest BCUT2D eigenvalue weighted by atomic mass is 10.1. The van der Waals surface area contributed by atoms with Gasteiger partial charge in [-0.25, -0.2) is 0 Å². The van der Waals surface area contributed by atoms with E-state index in [2.05, 4.69) is 46.5 Å². The molecule has 0 amide bonds. The van der Waals surface area contributed by atoms with Crippen LogP contribution in [0.1, 0.15) is 16.7 Å². The van der Waals surface area contributed by atoms with Gasteiger partial charge in [0.15, 0.2) is 0 Å². The van der Waals surface area contributed by atoms with Crippen LogP contribution in [0, 0.1) is 0 Å². The number of nitrogens with one attached hydrogen (secondary N) is 1. The van der Waals surface area contributed by atoms with Crippen LogP contribution in [0.2, 0.25) is 0 Å². The standard InChI is InChI=1S/C18H21NO2/c1-21-18(20)13-16-9-7-15(8-10-16)11-12-19-14-17-5-3-2-4-6-17/h2-10,19H,11-14H2,1H3. The number of methoxy groups -OCH3 is 1. The summed E-state index contributed by atoms with van der Waals surface area (Å²) in [6.07, 6.45) is 1.31. The Bertz CT molecular complexity index is 549. The van der Waals surface area contributed by atoms with Crippen LogP contribution >= 0.6 is 0 Å². The fourth-order valence-corrected chi connectivity index (χ4v) is 2.12. The number of benzene rings is 2. The van der Waals surface area contributed by atoms with E-state index in [0.717, 1.165) is 25.1 Å². The van der Waals surface area contributed by atoms with Crippen molar-refractivity contribution in [2.75, 3.05) is 13.7 Å². The van der Waals surface area contributed by atoms with Crippen LogP contribution in [0.15, 0.2) is 54.6 Å². The smallest absolute Gasteiger partial charge is 0.309 e. The first-order valence-corrected chi connectivity index (χ1v) is 7.17. The molecule has 0 aliphatic carbocycles. The Hall–Kier alpha value is -2.13. The van der Waals surface area contributed by atoms with Crippen molar-refractivity contribution in [1.29, 1.82) is 0 Å². The Morgan fingerprint density at radius 1 is 0.952 bits per heavy atom. The van der Waals surface area contributed by atoms with Crippen LogP contribution < -0.4 is 5.32 Å². The molecule has 3 nitrogen and oxygen atoms in total. The van der Waals surface area contributed by atoms with Gasteiger partial charge in [0.1, 0.15) is 0 Å². The third-order valence-corrected chi connectivity index (χ3v) is 3.36. The van der Waals surface area contributed by atoms with Crippen molar-refractivity contribution in [3.8, 4) is 0 Å². The van der Waals surface area contributed by atoms with E-state index < -0.39 is 0 Å². The molecule has 0 aliphatic rings. The molecule has 1 N–H and O–H groups in total. The van der Waals surface area contributed by atoms with Crippen molar-refractivity contribution in [3.63, 3.8) is 0 Å². The van der Waals surface area contributed by atoms with Crippen LogP contribution in [-0.4, -0.2) is 19.6 Å². The maximum absolute atomic E-state index is 11.2. The molecule has 0 atom stereocenters. The summed E-state index contributed by atoms with van der Waals surface area (Å²) in [6, 6.07) is 18.5. The summed E-state index contributed by atoms with van der Waals surface area (Å²) in [7, 11) is 1.41. The zero-order valence-corrected chi connectivity index (χ0v) is 12.3. The van der Waals surface area contributed by atoms with Crippen molar-refractivity contribution < 1.29 is 9.53 Å². The maximum atomic E-state index is 11.2. The first kappa shape index (κ1) is 15.3. The molecule has 0 unspecified atom stereocenters. The molecule has 2 aromatic rings. The summed E-state index contributed by atoms with van der Waals surface area (Å²) < 4.78 is 4.66. The van der Waals surface area contributed by atoms with Gasteiger partial charge >= 0.3 is 5.97 Å². The highest BCUT2D eigenvalue weighted by molar-refractivity contribution is 5.72. The summed E-state index contributed by atoms with van der Waals surface area (Å²) >= 11 is 0. The topological polar surface area (TPSA) is 38.3 Å². The van der Waals surface area contributed by atoms with E-state index in [4.69, 9.17) is 0 Å². The van der Waals surface area contributed by atoms with Gasteiger partial charge in [0.05, 0.1) is 13.5 Å². The van der Waals surface area contributed by atoms with Gasteiger partial charge in [-0.3, -0.25) is 4.79 Å². The van der Waals surface area contributed by atoms with Gasteiger partial charge in [0, 0.05) is 6.54 Å². The molecule has 0 bridgehead atoms. The van der Waals surface area contributed by atoms with Crippen molar-refractivity contribution >= 4 is 5.97 Å². The number of hydrogen-bond acceptors (Lipinski definition) is 3. The zero-order valence-electron chi connectivity index (χ0n) is 12.3. The molecule has 0 aromatic heterocycles. The van der Waals surface area contributed by atoms with Crippen LogP contribution in [0.4, 0.5) is 0 Å². The van der Waals surface area contributed by atoms with Crippen LogP contribution in [0.5, 0.6) is 0 Å². The Kier molecular flexibility index (Phi) is 5.98. The van der Waals surface area contributed by atoms with Crippen molar-refractivity contribution in [2.24, 2.45) is 0 Å². The quantitative estimate of drug-likeness (QED) is 0.627. The Morgan fingerprint density at radius 2 is 1.62 bits per heavy atom. The Labute approximate surface area is 126 Å². The second-order valence-electron chi connectivity index (χ2n) is 4.98. The van der Waals surface area contributed by atoms with E-state index in [0.29, 0.717) is 6.42 Å². The summed E-state index contributed by atoms with van der Waals surface area (Å²) in [5.41, 5.74) is 3.55. The van der Waals surface area contributed by atoms with Gasteiger partial charge in [-0.1, -0.05) is 54.6 Å². The molecule has 0 spiro atoms. The third kappa shape index (κ3) is 5.40. The number of carbonyl (C=O) groups excluding carboxylic acids is 1. The van der Waals surface area contributed by atoms with Crippen molar-refractivity contribution in [3.05, 3.63) is 71.3 Å². The average molecular weight is 283 g/mol. The third-order valence-electron chi connectivity index (χ3n) is 3.36. The number of hydrogen-bond donors (Lipinski definition) is 1. The second-order valence-corrected chi connectivity index (χ2v) is 4.98. The normalized spacial score (nSPS) is 10.3. The lowest BCUT2D eigenvalue weighted by Crippen LogP contribution is -2.16. The minimum atomic E-state index is -0.202. The minimum Gasteiger partial charge on any atom is -0.469 e. The van der Waals surface area contributed by atoms with Gasteiger partial charge in [0.2, 0.25) is 0 Å². The molecule has 110 valence electrons. The van der Waals surface area contributed by atoms with E-state index in [-0.39, 0.29) is 5.97 Å². The number of esters is 1. The van der Waals surface area contributed by atoms with E-state index in [1.807, 2.05) is 18.2 Å². The highest BCUT2D eigenvalue weighted by Gasteiger charge is 2.02. The molecule has 0 heterocycles. The predicted molar refractivity (Wildman–Crippen MR) is 84.0 cm³/mol. The molecule has 0 fully saturated rings. The molecular weight excluding hydrogens is 262 g/mol. The molecule has 0 saturated heterocycles. The monoisotopic (exact) mass is 283 g/mol. The first-order chi connectivity index (χ1) is 10.3. The van der Waals surface area contributed by atoms with Crippen molar-refractivity contribution in [2.45, 2.75) is 19.4 Å². The molecule has 21 heavy (non-hydrogen) atoms. The minimum absolute atomic E-state index is 0.202. The molecule has 2 aromatic carbocycles. The average Bonchev–Trinajstić information content (AvgIpc) is 2.54.